The Labute approximate surface area is 164 Å². The normalized spacial score (nSPS) is 11.0. The monoisotopic (exact) mass is 379 g/mol. The van der Waals surface area contributed by atoms with Crippen molar-refractivity contribution in [2.45, 2.75) is 44.6 Å². The molecule has 27 heavy (non-hydrogen) atoms. The number of hydrogen-bond acceptors (Lipinski definition) is 3. The Balaban J connectivity index is 2.08. The number of unbranched alkanes of at least 4 members (excludes halogenated alkanes) is 1. The molecule has 0 bridgehead atoms. The summed E-state index contributed by atoms with van der Waals surface area (Å²) >= 11 is 1.80. The second kappa shape index (κ2) is 9.05. The Morgan fingerprint density at radius 3 is 2.37 bits per heavy atom. The van der Waals surface area contributed by atoms with Crippen molar-refractivity contribution in [3.63, 3.8) is 0 Å². The second-order valence-electron chi connectivity index (χ2n) is 6.60. The van der Waals surface area contributed by atoms with Gasteiger partial charge in [0.1, 0.15) is 5.03 Å². The number of pyridine rings is 1. The molecular formula is C23H25NO2S. The topological polar surface area (TPSA) is 50.2 Å². The van der Waals surface area contributed by atoms with Gasteiger partial charge in [-0.15, -0.1) is 11.8 Å². The van der Waals surface area contributed by atoms with Crippen LogP contribution in [-0.4, -0.2) is 21.8 Å². The lowest BCUT2D eigenvalue weighted by Gasteiger charge is -2.16. The fraction of sp³-hybridized carbons (Fsp3) is 0.304. The molecule has 140 valence electrons. The van der Waals surface area contributed by atoms with Crippen molar-refractivity contribution in [2.24, 2.45) is 0 Å². The maximum absolute atomic E-state index is 11.1. The molecule has 0 fully saturated rings. The van der Waals surface area contributed by atoms with Gasteiger partial charge in [-0.3, -0.25) is 0 Å². The number of carboxylic acids is 1. The highest BCUT2D eigenvalue weighted by Crippen LogP contribution is 2.32. The molecule has 0 aliphatic heterocycles. The van der Waals surface area contributed by atoms with Crippen LogP contribution in [0.1, 0.15) is 53.9 Å². The molecule has 0 saturated carbocycles. The largest absolute Gasteiger partial charge is 0.478 e. The lowest BCUT2D eigenvalue weighted by molar-refractivity contribution is 0.0697. The summed E-state index contributed by atoms with van der Waals surface area (Å²) in [5.74, 6) is 0.110. The Hall–Kier alpha value is -2.33. The van der Waals surface area contributed by atoms with E-state index in [1.165, 1.54) is 22.0 Å². The molecule has 0 radical (unpaired) electrons. The van der Waals surface area contributed by atoms with Crippen LogP contribution in [0.3, 0.4) is 0 Å². The number of thioether (sulfide) groups is 1. The van der Waals surface area contributed by atoms with Crippen LogP contribution in [0.15, 0.2) is 53.6 Å². The number of fused-ring (bicyclic) bond motifs is 1. The molecule has 3 aromatic rings. The Morgan fingerprint density at radius 1 is 1.04 bits per heavy atom. The minimum absolute atomic E-state index is 0.322. The summed E-state index contributed by atoms with van der Waals surface area (Å²) in [4.78, 5) is 16.1. The summed E-state index contributed by atoms with van der Waals surface area (Å²) in [6.45, 7) is 4.36. The summed E-state index contributed by atoms with van der Waals surface area (Å²) < 4.78 is 0. The van der Waals surface area contributed by atoms with Crippen molar-refractivity contribution >= 4 is 28.5 Å². The van der Waals surface area contributed by atoms with E-state index in [-0.39, 0.29) is 0 Å². The van der Waals surface area contributed by atoms with E-state index in [1.54, 1.807) is 23.9 Å². The van der Waals surface area contributed by atoms with Crippen molar-refractivity contribution < 1.29 is 9.90 Å². The first kappa shape index (κ1) is 19.4. The fourth-order valence-electron chi connectivity index (χ4n) is 3.30. The first-order valence-electron chi connectivity index (χ1n) is 9.49. The number of carbonyl (C=O) groups is 1. The van der Waals surface area contributed by atoms with Gasteiger partial charge in [-0.25, -0.2) is 9.78 Å². The standard InChI is InChI=1S/C23H25NO2S/c1-3-5-10-21-20(15-16-11-13-17(14-12-16)23(25)26)18-8-6-7-9-19(18)22(24-21)27-4-2/h6-9,11-14H,3-5,10,15H2,1-2H3,(H,25,26). The molecule has 0 aliphatic rings. The van der Waals surface area contributed by atoms with Crippen LogP contribution in [0.5, 0.6) is 0 Å². The number of carboxylic acid groups (broad SMARTS) is 1. The summed E-state index contributed by atoms with van der Waals surface area (Å²) in [6, 6.07) is 15.7. The van der Waals surface area contributed by atoms with Crippen molar-refractivity contribution in [3.8, 4) is 0 Å². The molecule has 1 N–H and O–H groups in total. The maximum atomic E-state index is 11.1. The summed E-state index contributed by atoms with van der Waals surface area (Å²) in [5, 5.41) is 12.7. The van der Waals surface area contributed by atoms with Gasteiger partial charge < -0.3 is 5.11 Å². The van der Waals surface area contributed by atoms with Gasteiger partial charge in [-0.2, -0.15) is 0 Å². The predicted molar refractivity (Wildman–Crippen MR) is 113 cm³/mol. The van der Waals surface area contributed by atoms with E-state index in [1.807, 2.05) is 12.1 Å². The molecule has 1 heterocycles. The van der Waals surface area contributed by atoms with E-state index < -0.39 is 5.97 Å². The summed E-state index contributed by atoms with van der Waals surface area (Å²) in [5.41, 5.74) is 3.87. The van der Waals surface area contributed by atoms with E-state index in [2.05, 4.69) is 38.1 Å². The van der Waals surface area contributed by atoms with Gasteiger partial charge in [-0.1, -0.05) is 56.7 Å². The number of aromatic nitrogens is 1. The Kier molecular flexibility index (Phi) is 6.51. The molecule has 2 aromatic carbocycles. The van der Waals surface area contributed by atoms with E-state index in [0.29, 0.717) is 5.56 Å². The zero-order valence-corrected chi connectivity index (χ0v) is 16.7. The number of nitrogens with zero attached hydrogens (tertiary/aromatic N) is 1. The number of rotatable bonds is 8. The minimum Gasteiger partial charge on any atom is -0.478 e. The van der Waals surface area contributed by atoms with Gasteiger partial charge in [-0.05, 0) is 53.7 Å². The molecule has 4 heteroatoms. The van der Waals surface area contributed by atoms with Crippen LogP contribution in [0, 0.1) is 0 Å². The third kappa shape index (κ3) is 4.51. The highest BCUT2D eigenvalue weighted by atomic mass is 32.2. The van der Waals surface area contributed by atoms with Crippen molar-refractivity contribution in [2.75, 3.05) is 5.75 Å². The number of hydrogen-bond donors (Lipinski definition) is 1. The Bertz CT molecular complexity index is 935. The highest BCUT2D eigenvalue weighted by molar-refractivity contribution is 7.99. The summed E-state index contributed by atoms with van der Waals surface area (Å²) in [7, 11) is 0. The predicted octanol–water partition coefficient (Wildman–Crippen LogP) is 5.98. The van der Waals surface area contributed by atoms with Gasteiger partial charge in [0.25, 0.3) is 0 Å². The van der Waals surface area contributed by atoms with Crippen LogP contribution in [0.2, 0.25) is 0 Å². The molecular weight excluding hydrogens is 354 g/mol. The first-order chi connectivity index (χ1) is 13.1. The molecule has 0 unspecified atom stereocenters. The molecule has 3 nitrogen and oxygen atoms in total. The summed E-state index contributed by atoms with van der Waals surface area (Å²) in [6.07, 6.45) is 3.99. The lowest BCUT2D eigenvalue weighted by atomic mass is 9.95. The molecule has 0 spiro atoms. The fourth-order valence-corrected chi connectivity index (χ4v) is 4.08. The number of aromatic carboxylic acids is 1. The number of aryl methyl sites for hydroxylation is 1. The van der Waals surface area contributed by atoms with Crippen LogP contribution < -0.4 is 0 Å². The zero-order chi connectivity index (χ0) is 19.2. The van der Waals surface area contributed by atoms with Crippen LogP contribution in [0.4, 0.5) is 0 Å². The minimum atomic E-state index is -0.891. The molecule has 0 amide bonds. The van der Waals surface area contributed by atoms with Crippen molar-refractivity contribution in [1.29, 1.82) is 0 Å². The SMILES string of the molecule is CCCCc1nc(SCC)c2ccccc2c1Cc1ccc(C(=O)O)cc1. The van der Waals surface area contributed by atoms with E-state index >= 15 is 0 Å². The van der Waals surface area contributed by atoms with Gasteiger partial charge in [0.05, 0.1) is 5.56 Å². The third-order valence-corrected chi connectivity index (χ3v) is 5.57. The van der Waals surface area contributed by atoms with Crippen LogP contribution in [-0.2, 0) is 12.8 Å². The van der Waals surface area contributed by atoms with Crippen molar-refractivity contribution in [3.05, 3.63) is 70.9 Å². The molecule has 0 aliphatic carbocycles. The van der Waals surface area contributed by atoms with Crippen molar-refractivity contribution in [1.82, 2.24) is 4.98 Å². The smallest absolute Gasteiger partial charge is 0.335 e. The average molecular weight is 380 g/mol. The van der Waals surface area contributed by atoms with E-state index in [9.17, 15) is 4.79 Å². The molecule has 3 rings (SSSR count). The van der Waals surface area contributed by atoms with Gasteiger partial charge in [0.2, 0.25) is 0 Å². The third-order valence-electron chi connectivity index (χ3n) is 4.70. The van der Waals surface area contributed by atoms with Gasteiger partial charge in [0.15, 0.2) is 0 Å². The average Bonchev–Trinajstić information content (AvgIpc) is 2.69. The molecule has 0 saturated heterocycles. The van der Waals surface area contributed by atoms with Crippen LogP contribution in [0.25, 0.3) is 10.8 Å². The van der Waals surface area contributed by atoms with Gasteiger partial charge >= 0.3 is 5.97 Å². The first-order valence-corrected chi connectivity index (χ1v) is 10.5. The highest BCUT2D eigenvalue weighted by Gasteiger charge is 2.14. The Morgan fingerprint density at radius 2 is 1.74 bits per heavy atom. The van der Waals surface area contributed by atoms with E-state index in [0.717, 1.165) is 42.0 Å². The molecule has 0 atom stereocenters. The molecule has 1 aromatic heterocycles. The van der Waals surface area contributed by atoms with Gasteiger partial charge in [0, 0.05) is 11.1 Å². The lowest BCUT2D eigenvalue weighted by Crippen LogP contribution is -2.04. The zero-order valence-electron chi connectivity index (χ0n) is 15.9. The second-order valence-corrected chi connectivity index (χ2v) is 7.86. The maximum Gasteiger partial charge on any atom is 0.335 e. The van der Waals surface area contributed by atoms with E-state index in [4.69, 9.17) is 10.1 Å². The number of benzene rings is 2. The van der Waals surface area contributed by atoms with Crippen LogP contribution >= 0.6 is 11.8 Å². The quantitative estimate of drug-likeness (QED) is 0.489.